The van der Waals surface area contributed by atoms with Crippen molar-refractivity contribution in [2.45, 2.75) is 30.3 Å². The van der Waals surface area contributed by atoms with Gasteiger partial charge in [-0.2, -0.15) is 0 Å². The number of nitrogens with two attached hydrogens (primary N) is 1. The minimum Gasteiger partial charge on any atom is -0.337 e. The average Bonchev–Trinajstić information content (AvgIpc) is 2.88. The molecule has 6 nitrogen and oxygen atoms in total. The first kappa shape index (κ1) is 11.6. The van der Waals surface area contributed by atoms with Gasteiger partial charge in [0.1, 0.15) is 5.82 Å². The number of nitrogens with zero attached hydrogens (tertiary/aromatic N) is 2. The van der Waals surface area contributed by atoms with Crippen LogP contribution >= 0.6 is 0 Å². The highest BCUT2D eigenvalue weighted by Gasteiger charge is 2.45. The Bertz CT molecular complexity index is 482. The summed E-state index contributed by atoms with van der Waals surface area (Å²) in [6, 6.07) is 0. The third-order valence-electron chi connectivity index (χ3n) is 2.96. The molecule has 1 aliphatic rings. The molecule has 0 aliphatic heterocycles. The summed E-state index contributed by atoms with van der Waals surface area (Å²) >= 11 is 0. The van der Waals surface area contributed by atoms with Crippen molar-refractivity contribution < 1.29 is 8.42 Å². The summed E-state index contributed by atoms with van der Waals surface area (Å²) in [4.78, 5) is 4.00. The highest BCUT2D eigenvalue weighted by Crippen LogP contribution is 2.35. The highest BCUT2D eigenvalue weighted by atomic mass is 32.2. The van der Waals surface area contributed by atoms with Crippen LogP contribution in [0.5, 0.6) is 0 Å². The van der Waals surface area contributed by atoms with Crippen molar-refractivity contribution in [1.29, 1.82) is 0 Å². The number of aromatic nitrogens is 2. The van der Waals surface area contributed by atoms with E-state index in [1.807, 2.05) is 0 Å². The minimum absolute atomic E-state index is 0.0622. The fourth-order valence-electron chi connectivity index (χ4n) is 1.49. The van der Waals surface area contributed by atoms with Gasteiger partial charge in [0.2, 0.25) is 0 Å². The zero-order chi connectivity index (χ0) is 12.0. The third-order valence-corrected chi connectivity index (χ3v) is 4.41. The van der Waals surface area contributed by atoms with E-state index in [-0.39, 0.29) is 5.03 Å². The van der Waals surface area contributed by atoms with Crippen LogP contribution in [0.25, 0.3) is 0 Å². The first-order valence-corrected chi connectivity index (χ1v) is 6.61. The molecule has 1 fully saturated rings. The second-order valence-electron chi connectivity index (χ2n) is 4.33. The van der Waals surface area contributed by atoms with Crippen molar-refractivity contribution in [3.63, 3.8) is 0 Å². The first-order valence-electron chi connectivity index (χ1n) is 5.13. The quantitative estimate of drug-likeness (QED) is 0.747. The summed E-state index contributed by atoms with van der Waals surface area (Å²) in [7, 11) is -1.77. The van der Waals surface area contributed by atoms with Crippen molar-refractivity contribution in [1.82, 2.24) is 14.3 Å². The highest BCUT2D eigenvalue weighted by molar-refractivity contribution is 7.89. The van der Waals surface area contributed by atoms with E-state index in [0.717, 1.165) is 12.8 Å². The standard InChI is InChI=1S/C9H16N4O2S/c1-7-11-8(5-13(7)2)16(14,15)12-9(6-10)3-4-9/h5,12H,3-4,6,10H2,1-2H3. The minimum atomic E-state index is -3.53. The Hall–Kier alpha value is -0.920. The monoisotopic (exact) mass is 244 g/mol. The van der Waals surface area contributed by atoms with Crippen molar-refractivity contribution in [3.05, 3.63) is 12.0 Å². The number of sulfonamides is 1. The summed E-state index contributed by atoms with van der Waals surface area (Å²) in [5.74, 6) is 0.665. The van der Waals surface area contributed by atoms with E-state index in [9.17, 15) is 8.42 Å². The van der Waals surface area contributed by atoms with Gasteiger partial charge >= 0.3 is 0 Å². The molecule has 90 valence electrons. The molecule has 0 aromatic carbocycles. The van der Waals surface area contributed by atoms with E-state index >= 15 is 0 Å². The SMILES string of the molecule is Cc1nc(S(=O)(=O)NC2(CN)CC2)cn1C. The van der Waals surface area contributed by atoms with Gasteiger partial charge < -0.3 is 10.3 Å². The predicted octanol–water partition coefficient (Wildman–Crippen LogP) is -0.502. The van der Waals surface area contributed by atoms with Crippen LogP contribution in [0.2, 0.25) is 0 Å². The Morgan fingerprint density at radius 1 is 1.62 bits per heavy atom. The average molecular weight is 244 g/mol. The Balaban J connectivity index is 2.26. The van der Waals surface area contributed by atoms with Crippen molar-refractivity contribution >= 4 is 10.0 Å². The van der Waals surface area contributed by atoms with Gasteiger partial charge in [0.15, 0.2) is 5.03 Å². The van der Waals surface area contributed by atoms with Crippen LogP contribution in [0.3, 0.4) is 0 Å². The van der Waals surface area contributed by atoms with Gasteiger partial charge in [0, 0.05) is 25.3 Å². The van der Waals surface area contributed by atoms with Crippen LogP contribution in [0.15, 0.2) is 11.2 Å². The molecule has 2 rings (SSSR count). The van der Waals surface area contributed by atoms with Crippen LogP contribution < -0.4 is 10.5 Å². The normalized spacial score (nSPS) is 18.7. The molecule has 1 saturated carbocycles. The van der Waals surface area contributed by atoms with Crippen LogP contribution in [0.4, 0.5) is 0 Å². The Kier molecular flexibility index (Phi) is 2.56. The van der Waals surface area contributed by atoms with Crippen LogP contribution in [-0.2, 0) is 17.1 Å². The number of imidazole rings is 1. The molecule has 7 heteroatoms. The summed E-state index contributed by atoms with van der Waals surface area (Å²) in [5, 5.41) is 0.0622. The van der Waals surface area contributed by atoms with Crippen LogP contribution in [0, 0.1) is 6.92 Å². The van der Waals surface area contributed by atoms with E-state index in [0.29, 0.717) is 12.4 Å². The summed E-state index contributed by atoms with van der Waals surface area (Å²) in [6.45, 7) is 2.09. The fraction of sp³-hybridized carbons (Fsp3) is 0.667. The molecule has 0 spiro atoms. The Labute approximate surface area is 94.9 Å². The van der Waals surface area contributed by atoms with Crippen LogP contribution in [-0.4, -0.2) is 30.1 Å². The first-order chi connectivity index (χ1) is 7.38. The maximum Gasteiger partial charge on any atom is 0.260 e. The molecule has 1 aromatic rings. The van der Waals surface area contributed by atoms with E-state index in [1.165, 1.54) is 6.20 Å². The maximum atomic E-state index is 12.0. The number of nitrogens with one attached hydrogen (secondary N) is 1. The Morgan fingerprint density at radius 2 is 2.25 bits per heavy atom. The fourth-order valence-corrected chi connectivity index (χ4v) is 3.00. The lowest BCUT2D eigenvalue weighted by Gasteiger charge is -2.13. The largest absolute Gasteiger partial charge is 0.337 e. The number of hydrogen-bond acceptors (Lipinski definition) is 4. The van der Waals surface area contributed by atoms with E-state index in [1.54, 1.807) is 18.5 Å². The van der Waals surface area contributed by atoms with E-state index in [4.69, 9.17) is 5.73 Å². The smallest absolute Gasteiger partial charge is 0.260 e. The van der Waals surface area contributed by atoms with Crippen molar-refractivity contribution in [2.75, 3.05) is 6.54 Å². The lowest BCUT2D eigenvalue weighted by Crippen LogP contribution is -2.42. The molecular formula is C9H16N4O2S. The predicted molar refractivity (Wildman–Crippen MR) is 59.3 cm³/mol. The summed E-state index contributed by atoms with van der Waals surface area (Å²) in [5.41, 5.74) is 5.11. The second-order valence-corrected chi connectivity index (χ2v) is 5.96. The zero-order valence-electron chi connectivity index (χ0n) is 9.40. The molecule has 1 heterocycles. The molecule has 0 saturated heterocycles. The molecule has 1 aromatic heterocycles. The van der Waals surface area contributed by atoms with Gasteiger partial charge in [-0.05, 0) is 19.8 Å². The van der Waals surface area contributed by atoms with Gasteiger partial charge in [-0.25, -0.2) is 18.1 Å². The molecule has 16 heavy (non-hydrogen) atoms. The van der Waals surface area contributed by atoms with Gasteiger partial charge in [0.05, 0.1) is 0 Å². The van der Waals surface area contributed by atoms with E-state index in [2.05, 4.69) is 9.71 Å². The Morgan fingerprint density at radius 3 is 2.62 bits per heavy atom. The molecule has 0 amide bonds. The molecule has 0 bridgehead atoms. The van der Waals surface area contributed by atoms with Crippen molar-refractivity contribution in [3.8, 4) is 0 Å². The zero-order valence-corrected chi connectivity index (χ0v) is 10.2. The van der Waals surface area contributed by atoms with Crippen LogP contribution in [0.1, 0.15) is 18.7 Å². The summed E-state index contributed by atoms with van der Waals surface area (Å²) < 4.78 is 28.2. The van der Waals surface area contributed by atoms with Crippen molar-refractivity contribution in [2.24, 2.45) is 12.8 Å². The topological polar surface area (TPSA) is 90.0 Å². The molecule has 1 aliphatic carbocycles. The van der Waals surface area contributed by atoms with Gasteiger partial charge in [0.25, 0.3) is 10.0 Å². The number of aryl methyl sites for hydroxylation is 2. The maximum absolute atomic E-state index is 12.0. The molecule has 0 radical (unpaired) electrons. The number of hydrogen-bond donors (Lipinski definition) is 2. The lowest BCUT2D eigenvalue weighted by atomic mass is 10.3. The molecule has 0 unspecified atom stereocenters. The van der Waals surface area contributed by atoms with Gasteiger partial charge in [-0.3, -0.25) is 0 Å². The third kappa shape index (κ3) is 1.98. The van der Waals surface area contributed by atoms with E-state index < -0.39 is 15.6 Å². The van der Waals surface area contributed by atoms with Gasteiger partial charge in [-0.15, -0.1) is 0 Å². The molecule has 0 atom stereocenters. The molecule has 3 N–H and O–H groups in total. The second kappa shape index (κ2) is 3.54. The summed E-state index contributed by atoms with van der Waals surface area (Å²) in [6.07, 6.45) is 3.10. The lowest BCUT2D eigenvalue weighted by molar-refractivity contribution is 0.542. The molecular weight excluding hydrogens is 228 g/mol. The number of rotatable bonds is 4. The van der Waals surface area contributed by atoms with Gasteiger partial charge in [-0.1, -0.05) is 0 Å².